The summed E-state index contributed by atoms with van der Waals surface area (Å²) in [5, 5.41) is 15.4. The lowest BCUT2D eigenvalue weighted by molar-refractivity contribution is 0.409. The van der Waals surface area contributed by atoms with Gasteiger partial charge in [-0.15, -0.1) is 34.0 Å². The van der Waals surface area contributed by atoms with E-state index in [-0.39, 0.29) is 12.3 Å². The predicted molar refractivity (Wildman–Crippen MR) is 222 cm³/mol. The van der Waals surface area contributed by atoms with E-state index in [1.54, 1.807) is 0 Å². The highest BCUT2D eigenvalue weighted by Crippen LogP contribution is 2.45. The number of nitrogens with zero attached hydrogens (tertiary/aromatic N) is 1. The molecule has 10 aromatic rings. The topological polar surface area (TPSA) is 36.4 Å². The molecule has 0 aliphatic carbocycles. The third kappa shape index (κ3) is 4.75. The first-order valence-electron chi connectivity index (χ1n) is 17.2. The molecule has 2 atom stereocenters. The lowest BCUT2D eigenvalue weighted by atomic mass is 10.00. The van der Waals surface area contributed by atoms with Crippen LogP contribution in [0.2, 0.25) is 0 Å². The van der Waals surface area contributed by atoms with Crippen molar-refractivity contribution in [1.82, 2.24) is 10.6 Å². The van der Waals surface area contributed by atoms with E-state index >= 15 is 0 Å². The average molecular weight is 708 g/mol. The first-order chi connectivity index (χ1) is 25.2. The number of amidine groups is 1. The largest absolute Gasteiger partial charge is 0.350 e. The highest BCUT2D eigenvalue weighted by Gasteiger charge is 2.26. The van der Waals surface area contributed by atoms with E-state index in [0.29, 0.717) is 0 Å². The summed E-state index contributed by atoms with van der Waals surface area (Å²) in [7, 11) is 0. The maximum absolute atomic E-state index is 5.35. The maximum atomic E-state index is 5.35. The summed E-state index contributed by atoms with van der Waals surface area (Å²) in [4.78, 5) is 5.35. The van der Waals surface area contributed by atoms with Gasteiger partial charge in [-0.3, -0.25) is 5.32 Å². The zero-order valence-corrected chi connectivity index (χ0v) is 29.7. The molecule has 0 amide bonds. The van der Waals surface area contributed by atoms with Crippen molar-refractivity contribution in [3.8, 4) is 11.1 Å². The number of rotatable bonds is 4. The second kappa shape index (κ2) is 11.6. The standard InChI is InChI=1S/C45H29N3S3/c1-2-10-26(11-3-1)43-46-44(48-45(47-43)28-20-22-31-29-12-4-6-18-37(29)49-40(31)25-28)27-21-23-39-36(24-27)35-17-9-16-34(42(35)51-39)33-15-8-14-32-30-13-5-7-19-38(30)50-41(32)33/h1-25,43,45,47H,(H,46,48). The molecule has 6 heteroatoms. The molecule has 0 saturated carbocycles. The molecule has 0 spiro atoms. The van der Waals surface area contributed by atoms with Gasteiger partial charge in [-0.1, -0.05) is 115 Å². The molecule has 2 N–H and O–H groups in total. The minimum atomic E-state index is -0.204. The summed E-state index contributed by atoms with van der Waals surface area (Å²) in [6.45, 7) is 0. The Balaban J connectivity index is 1.04. The van der Waals surface area contributed by atoms with Gasteiger partial charge in [0.05, 0.1) is 0 Å². The van der Waals surface area contributed by atoms with E-state index in [2.05, 4.69) is 162 Å². The molecular formula is C45H29N3S3. The fourth-order valence-corrected chi connectivity index (χ4v) is 11.3. The van der Waals surface area contributed by atoms with Crippen LogP contribution in [0, 0.1) is 0 Å². The van der Waals surface area contributed by atoms with Crippen LogP contribution in [0.15, 0.2) is 157 Å². The van der Waals surface area contributed by atoms with Crippen molar-refractivity contribution in [1.29, 1.82) is 0 Å². The lowest BCUT2D eigenvalue weighted by Gasteiger charge is -2.32. The Morgan fingerprint density at radius 1 is 0.431 bits per heavy atom. The molecule has 51 heavy (non-hydrogen) atoms. The molecular weight excluding hydrogens is 679 g/mol. The van der Waals surface area contributed by atoms with Gasteiger partial charge in [-0.2, -0.15) is 0 Å². The van der Waals surface area contributed by atoms with E-state index < -0.39 is 0 Å². The highest BCUT2D eigenvalue weighted by molar-refractivity contribution is 7.27. The van der Waals surface area contributed by atoms with Gasteiger partial charge in [-0.25, -0.2) is 4.99 Å². The molecule has 3 aromatic heterocycles. The molecule has 0 bridgehead atoms. The number of aliphatic imine (C=N–C) groups is 1. The number of nitrogens with one attached hydrogen (secondary N) is 2. The Morgan fingerprint density at radius 3 is 1.80 bits per heavy atom. The predicted octanol–water partition coefficient (Wildman–Crippen LogP) is 12.8. The molecule has 3 nitrogen and oxygen atoms in total. The Hall–Kier alpha value is -5.37. The second-order valence-corrected chi connectivity index (χ2v) is 16.4. The summed E-state index contributed by atoms with van der Waals surface area (Å²) in [6, 6.07) is 55.3. The summed E-state index contributed by atoms with van der Waals surface area (Å²) in [5.41, 5.74) is 6.04. The summed E-state index contributed by atoms with van der Waals surface area (Å²) < 4.78 is 7.89. The van der Waals surface area contributed by atoms with E-state index in [1.165, 1.54) is 77.2 Å². The van der Waals surface area contributed by atoms with Crippen molar-refractivity contribution in [3.63, 3.8) is 0 Å². The van der Waals surface area contributed by atoms with Crippen LogP contribution >= 0.6 is 34.0 Å². The van der Waals surface area contributed by atoms with Crippen molar-refractivity contribution < 1.29 is 0 Å². The fraction of sp³-hybridized carbons (Fsp3) is 0.0444. The van der Waals surface area contributed by atoms with E-state index in [4.69, 9.17) is 4.99 Å². The van der Waals surface area contributed by atoms with Crippen molar-refractivity contribution in [2.45, 2.75) is 12.3 Å². The van der Waals surface area contributed by atoms with Gasteiger partial charge in [0, 0.05) is 77.2 Å². The molecule has 7 aromatic carbocycles. The number of benzene rings is 7. The number of hydrogen-bond donors (Lipinski definition) is 2. The van der Waals surface area contributed by atoms with Crippen LogP contribution < -0.4 is 10.6 Å². The van der Waals surface area contributed by atoms with Crippen LogP contribution in [-0.4, -0.2) is 5.84 Å². The van der Waals surface area contributed by atoms with Crippen molar-refractivity contribution in [2.75, 3.05) is 0 Å². The SMILES string of the molecule is c1ccc(C2NC(c3ccc4sc5c(-c6cccc7c6sc6ccccc67)cccc5c4c3)=NC(c3ccc4c(c3)sc3ccccc34)N2)cc1. The van der Waals surface area contributed by atoms with Gasteiger partial charge in [0.2, 0.25) is 0 Å². The molecule has 0 saturated heterocycles. The molecule has 11 rings (SSSR count). The van der Waals surface area contributed by atoms with Gasteiger partial charge in [0.25, 0.3) is 0 Å². The van der Waals surface area contributed by atoms with Crippen molar-refractivity contribution in [2.24, 2.45) is 4.99 Å². The average Bonchev–Trinajstić information content (AvgIpc) is 3.89. The normalized spacial score (nSPS) is 16.4. The molecule has 4 heterocycles. The van der Waals surface area contributed by atoms with Gasteiger partial charge >= 0.3 is 0 Å². The van der Waals surface area contributed by atoms with Crippen LogP contribution in [0.5, 0.6) is 0 Å². The summed E-state index contributed by atoms with van der Waals surface area (Å²) in [6.07, 6.45) is -0.297. The molecule has 0 fully saturated rings. The summed E-state index contributed by atoms with van der Waals surface area (Å²) in [5.74, 6) is 0.900. The van der Waals surface area contributed by atoms with Gasteiger partial charge in [-0.05, 0) is 47.5 Å². The number of thiophene rings is 3. The highest BCUT2D eigenvalue weighted by atomic mass is 32.1. The van der Waals surface area contributed by atoms with Crippen LogP contribution in [0.3, 0.4) is 0 Å². The lowest BCUT2D eigenvalue weighted by Crippen LogP contribution is -2.44. The van der Waals surface area contributed by atoms with Crippen molar-refractivity contribution in [3.05, 3.63) is 168 Å². The minimum Gasteiger partial charge on any atom is -0.350 e. The molecule has 242 valence electrons. The second-order valence-electron chi connectivity index (χ2n) is 13.2. The number of hydrogen-bond acceptors (Lipinski definition) is 6. The van der Waals surface area contributed by atoms with Gasteiger partial charge in [0.15, 0.2) is 0 Å². The van der Waals surface area contributed by atoms with Crippen LogP contribution in [0.4, 0.5) is 0 Å². The minimum absolute atomic E-state index is 0.0925. The first kappa shape index (κ1) is 29.4. The van der Waals surface area contributed by atoms with E-state index in [9.17, 15) is 0 Å². The van der Waals surface area contributed by atoms with Crippen LogP contribution in [0.1, 0.15) is 29.0 Å². The smallest absolute Gasteiger partial charge is 0.131 e. The number of fused-ring (bicyclic) bond motifs is 9. The van der Waals surface area contributed by atoms with Crippen LogP contribution in [0.25, 0.3) is 71.6 Å². The fourth-order valence-electron chi connectivity index (χ4n) is 7.72. The molecule has 1 aliphatic heterocycles. The third-order valence-corrected chi connectivity index (χ3v) is 13.8. The zero-order valence-electron chi connectivity index (χ0n) is 27.3. The van der Waals surface area contributed by atoms with Crippen LogP contribution in [-0.2, 0) is 0 Å². The Bertz CT molecular complexity index is 3000. The zero-order chi connectivity index (χ0) is 33.5. The van der Waals surface area contributed by atoms with Gasteiger partial charge in [0.1, 0.15) is 18.2 Å². The Morgan fingerprint density at radius 2 is 1.04 bits per heavy atom. The Kier molecular flexibility index (Phi) is 6.67. The molecule has 1 aliphatic rings. The first-order valence-corrected chi connectivity index (χ1v) is 19.6. The van der Waals surface area contributed by atoms with E-state index in [1.807, 2.05) is 34.0 Å². The molecule has 0 radical (unpaired) electrons. The summed E-state index contributed by atoms with van der Waals surface area (Å²) >= 11 is 5.63. The Labute approximate surface area is 306 Å². The molecule has 2 unspecified atom stereocenters. The van der Waals surface area contributed by atoms with Crippen molar-refractivity contribution >= 4 is 100 Å². The van der Waals surface area contributed by atoms with Gasteiger partial charge < -0.3 is 5.32 Å². The quantitative estimate of drug-likeness (QED) is 0.191. The monoisotopic (exact) mass is 707 g/mol. The third-order valence-electron chi connectivity index (χ3n) is 10.2. The van der Waals surface area contributed by atoms with E-state index in [0.717, 1.165) is 17.0 Å². The maximum Gasteiger partial charge on any atom is 0.131 e.